The van der Waals surface area contributed by atoms with Crippen LogP contribution >= 0.6 is 15.9 Å². The van der Waals surface area contributed by atoms with Crippen molar-refractivity contribution in [2.24, 2.45) is 0 Å². The van der Waals surface area contributed by atoms with Gasteiger partial charge in [0.2, 0.25) is 0 Å². The summed E-state index contributed by atoms with van der Waals surface area (Å²) in [5.74, 6) is -4.00. The largest absolute Gasteiger partial charge is 0.478 e. The SMILES string of the molecule is CN(Cc1cccc(Br)c1)c1ccc(C(=O)O)c(F)c1F. The summed E-state index contributed by atoms with van der Waals surface area (Å²) >= 11 is 3.34. The topological polar surface area (TPSA) is 40.5 Å². The van der Waals surface area contributed by atoms with E-state index in [0.717, 1.165) is 16.1 Å². The van der Waals surface area contributed by atoms with Gasteiger partial charge in [-0.15, -0.1) is 0 Å². The van der Waals surface area contributed by atoms with Crippen molar-refractivity contribution in [3.8, 4) is 0 Å². The molecule has 0 atom stereocenters. The number of rotatable bonds is 4. The van der Waals surface area contributed by atoms with Gasteiger partial charge in [-0.25, -0.2) is 13.6 Å². The number of benzene rings is 2. The van der Waals surface area contributed by atoms with Gasteiger partial charge in [0.05, 0.1) is 11.3 Å². The quantitative estimate of drug-likeness (QED) is 0.898. The number of aromatic carboxylic acids is 1. The van der Waals surface area contributed by atoms with Crippen LogP contribution in [0.5, 0.6) is 0 Å². The van der Waals surface area contributed by atoms with Crippen LogP contribution in [0.15, 0.2) is 40.9 Å². The third kappa shape index (κ3) is 3.39. The fraction of sp³-hybridized carbons (Fsp3) is 0.133. The molecule has 0 radical (unpaired) electrons. The number of carbonyl (C=O) groups is 1. The van der Waals surface area contributed by atoms with Crippen LogP contribution in [0.1, 0.15) is 15.9 Å². The molecule has 0 fully saturated rings. The zero-order valence-corrected chi connectivity index (χ0v) is 12.7. The van der Waals surface area contributed by atoms with Crippen molar-refractivity contribution >= 4 is 27.6 Å². The second kappa shape index (κ2) is 6.22. The fourth-order valence-corrected chi connectivity index (χ4v) is 2.44. The van der Waals surface area contributed by atoms with E-state index in [1.165, 1.54) is 11.0 Å². The molecule has 0 unspecified atom stereocenters. The molecule has 21 heavy (non-hydrogen) atoms. The Morgan fingerprint density at radius 1 is 1.24 bits per heavy atom. The van der Waals surface area contributed by atoms with Crippen LogP contribution in [0.25, 0.3) is 0 Å². The summed E-state index contributed by atoms with van der Waals surface area (Å²) in [7, 11) is 1.61. The Labute approximate surface area is 128 Å². The highest BCUT2D eigenvalue weighted by atomic mass is 79.9. The summed E-state index contributed by atoms with van der Waals surface area (Å²) in [6.45, 7) is 0.363. The Kier molecular flexibility index (Phi) is 4.57. The first-order chi connectivity index (χ1) is 9.90. The second-order valence-corrected chi connectivity index (χ2v) is 5.47. The fourth-order valence-electron chi connectivity index (χ4n) is 1.99. The van der Waals surface area contributed by atoms with Crippen LogP contribution in [0.2, 0.25) is 0 Å². The highest BCUT2D eigenvalue weighted by Crippen LogP contribution is 2.25. The van der Waals surface area contributed by atoms with E-state index >= 15 is 0 Å². The van der Waals surface area contributed by atoms with Crippen molar-refractivity contribution in [2.45, 2.75) is 6.54 Å². The first kappa shape index (κ1) is 15.4. The number of nitrogens with zero attached hydrogens (tertiary/aromatic N) is 1. The molecule has 0 aliphatic rings. The molecule has 0 aromatic heterocycles. The third-order valence-corrected chi connectivity index (χ3v) is 3.51. The van der Waals surface area contributed by atoms with Crippen LogP contribution < -0.4 is 4.90 Å². The molecule has 0 bridgehead atoms. The zero-order valence-electron chi connectivity index (χ0n) is 11.1. The molecule has 0 aliphatic heterocycles. The van der Waals surface area contributed by atoms with Crippen LogP contribution in [0, 0.1) is 11.6 Å². The van der Waals surface area contributed by atoms with Gasteiger partial charge in [0.15, 0.2) is 11.6 Å². The van der Waals surface area contributed by atoms with Crippen molar-refractivity contribution in [3.63, 3.8) is 0 Å². The molecular formula is C15H12BrF2NO2. The maximum absolute atomic E-state index is 14.0. The first-order valence-electron chi connectivity index (χ1n) is 6.07. The number of halogens is 3. The van der Waals surface area contributed by atoms with Crippen LogP contribution in [-0.2, 0) is 6.54 Å². The van der Waals surface area contributed by atoms with Gasteiger partial charge in [-0.3, -0.25) is 0 Å². The monoisotopic (exact) mass is 355 g/mol. The van der Waals surface area contributed by atoms with Crippen LogP contribution in [0.3, 0.4) is 0 Å². The second-order valence-electron chi connectivity index (χ2n) is 4.55. The molecule has 2 aromatic carbocycles. The van der Waals surface area contributed by atoms with Gasteiger partial charge in [-0.2, -0.15) is 0 Å². The summed E-state index contributed by atoms with van der Waals surface area (Å²) < 4.78 is 28.5. The van der Waals surface area contributed by atoms with Crippen LogP contribution in [0.4, 0.5) is 14.5 Å². The molecule has 110 valence electrons. The lowest BCUT2D eigenvalue weighted by Gasteiger charge is -2.20. The van der Waals surface area contributed by atoms with E-state index in [1.807, 2.05) is 24.3 Å². The molecule has 2 rings (SSSR count). The van der Waals surface area contributed by atoms with E-state index in [1.54, 1.807) is 7.05 Å². The lowest BCUT2D eigenvalue weighted by molar-refractivity contribution is 0.0690. The summed E-state index contributed by atoms with van der Waals surface area (Å²) in [6.07, 6.45) is 0. The normalized spacial score (nSPS) is 10.5. The minimum atomic E-state index is -1.49. The number of carboxylic acids is 1. The average molecular weight is 356 g/mol. The van der Waals surface area contributed by atoms with E-state index in [9.17, 15) is 13.6 Å². The van der Waals surface area contributed by atoms with E-state index in [4.69, 9.17) is 5.11 Å². The smallest absolute Gasteiger partial charge is 0.338 e. The molecular weight excluding hydrogens is 344 g/mol. The standard InChI is InChI=1S/C15H12BrF2NO2/c1-19(8-9-3-2-4-10(16)7-9)12-6-5-11(15(20)21)13(17)14(12)18/h2-7H,8H2,1H3,(H,20,21). The zero-order chi connectivity index (χ0) is 15.6. The first-order valence-corrected chi connectivity index (χ1v) is 6.86. The van der Waals surface area contributed by atoms with Crippen molar-refractivity contribution in [2.75, 3.05) is 11.9 Å². The van der Waals surface area contributed by atoms with E-state index in [0.29, 0.717) is 6.54 Å². The lowest BCUT2D eigenvalue weighted by atomic mass is 10.1. The molecule has 0 amide bonds. The Morgan fingerprint density at radius 2 is 1.95 bits per heavy atom. The van der Waals surface area contributed by atoms with Gasteiger partial charge in [0, 0.05) is 18.1 Å². The van der Waals surface area contributed by atoms with Crippen molar-refractivity contribution in [1.29, 1.82) is 0 Å². The Balaban J connectivity index is 2.29. The number of carboxylic acid groups (broad SMARTS) is 1. The molecule has 0 spiro atoms. The van der Waals surface area contributed by atoms with Gasteiger partial charge in [-0.05, 0) is 29.8 Å². The highest BCUT2D eigenvalue weighted by molar-refractivity contribution is 9.10. The van der Waals surface area contributed by atoms with Gasteiger partial charge in [0.25, 0.3) is 0 Å². The van der Waals surface area contributed by atoms with Gasteiger partial charge < -0.3 is 10.0 Å². The summed E-state index contributed by atoms with van der Waals surface area (Å²) in [6, 6.07) is 9.77. The molecule has 1 N–H and O–H groups in total. The summed E-state index contributed by atoms with van der Waals surface area (Å²) in [5.41, 5.74) is 0.249. The summed E-state index contributed by atoms with van der Waals surface area (Å²) in [4.78, 5) is 12.3. The molecule has 0 saturated carbocycles. The number of hydrogen-bond donors (Lipinski definition) is 1. The molecule has 0 heterocycles. The van der Waals surface area contributed by atoms with Crippen molar-refractivity contribution in [3.05, 3.63) is 63.6 Å². The number of hydrogen-bond acceptors (Lipinski definition) is 2. The minimum absolute atomic E-state index is 0.0116. The van der Waals surface area contributed by atoms with Gasteiger partial charge in [-0.1, -0.05) is 28.1 Å². The van der Waals surface area contributed by atoms with Crippen LogP contribution in [-0.4, -0.2) is 18.1 Å². The molecule has 0 aliphatic carbocycles. The highest BCUT2D eigenvalue weighted by Gasteiger charge is 2.19. The van der Waals surface area contributed by atoms with Gasteiger partial charge in [0.1, 0.15) is 0 Å². The number of anilines is 1. The van der Waals surface area contributed by atoms with E-state index < -0.39 is 23.2 Å². The summed E-state index contributed by atoms with van der Waals surface area (Å²) in [5, 5.41) is 8.76. The van der Waals surface area contributed by atoms with Crippen molar-refractivity contribution in [1.82, 2.24) is 0 Å². The Hall–Kier alpha value is -1.95. The minimum Gasteiger partial charge on any atom is -0.478 e. The Bertz CT molecular complexity index is 691. The van der Waals surface area contributed by atoms with Crippen molar-refractivity contribution < 1.29 is 18.7 Å². The molecule has 6 heteroatoms. The maximum Gasteiger partial charge on any atom is 0.338 e. The average Bonchev–Trinajstić information content (AvgIpc) is 2.41. The molecule has 3 nitrogen and oxygen atoms in total. The van der Waals surface area contributed by atoms with E-state index in [2.05, 4.69) is 15.9 Å². The third-order valence-electron chi connectivity index (χ3n) is 3.01. The predicted molar refractivity (Wildman–Crippen MR) is 79.6 cm³/mol. The predicted octanol–water partition coefficient (Wildman–Crippen LogP) is 4.06. The lowest BCUT2D eigenvalue weighted by Crippen LogP contribution is -2.19. The molecule has 0 saturated heterocycles. The van der Waals surface area contributed by atoms with E-state index in [-0.39, 0.29) is 5.69 Å². The maximum atomic E-state index is 14.0. The van der Waals surface area contributed by atoms with Gasteiger partial charge >= 0.3 is 5.97 Å². The molecule has 2 aromatic rings. The Morgan fingerprint density at radius 3 is 2.57 bits per heavy atom.